The molecule has 0 aliphatic rings. The second-order valence-corrected chi connectivity index (χ2v) is 15.8. The van der Waals surface area contributed by atoms with E-state index >= 15 is 0 Å². The van der Waals surface area contributed by atoms with Crippen molar-refractivity contribution in [2.75, 3.05) is 6.54 Å². The molecule has 0 heterocycles. The molecule has 0 atom stereocenters. The van der Waals surface area contributed by atoms with Gasteiger partial charge in [0.1, 0.15) is 16.8 Å². The van der Waals surface area contributed by atoms with Crippen molar-refractivity contribution in [2.45, 2.75) is 207 Å². The Bertz CT molecular complexity index is 803. The lowest BCUT2D eigenvalue weighted by Gasteiger charge is -2.35. The van der Waals surface area contributed by atoms with Crippen LogP contribution in [0.25, 0.3) is 0 Å². The lowest BCUT2D eigenvalue weighted by atomic mass is 9.83. The second kappa shape index (κ2) is 22.3. The van der Waals surface area contributed by atoms with Gasteiger partial charge in [-0.2, -0.15) is 0 Å². The van der Waals surface area contributed by atoms with Crippen molar-refractivity contribution in [3.63, 3.8) is 0 Å². The van der Waals surface area contributed by atoms with Crippen LogP contribution in [-0.4, -0.2) is 52.8 Å². The Kier molecular flexibility index (Phi) is 21.2. The second-order valence-electron chi connectivity index (χ2n) is 15.8. The van der Waals surface area contributed by atoms with E-state index in [1.54, 1.807) is 62.3 Å². The number of ether oxygens (including phenoxy) is 3. The number of carbonyl (C=O) groups excluding carboxylic acids is 4. The van der Waals surface area contributed by atoms with E-state index in [0.717, 1.165) is 19.3 Å². The van der Waals surface area contributed by atoms with Crippen LogP contribution in [0.5, 0.6) is 0 Å². The quantitative estimate of drug-likeness (QED) is 0.0640. The molecule has 0 aromatic heterocycles. The van der Waals surface area contributed by atoms with Gasteiger partial charge < -0.3 is 24.8 Å². The molecule has 0 saturated carbocycles. The fourth-order valence-electron chi connectivity index (χ4n) is 5.22. The summed E-state index contributed by atoms with van der Waals surface area (Å²) in [7, 11) is 0. The number of carbonyl (C=O) groups is 4. The maximum absolute atomic E-state index is 13.2. The predicted octanol–water partition coefficient (Wildman–Crippen LogP) is 9.09. The van der Waals surface area contributed by atoms with E-state index in [2.05, 4.69) is 17.6 Å². The zero-order valence-corrected chi connectivity index (χ0v) is 31.3. The van der Waals surface area contributed by atoms with Crippen LogP contribution in [0.3, 0.4) is 0 Å². The SMILES string of the molecule is CCCCCCCCCCCCCCNC(=O)NC(CCC(=O)OC(C)(C)C)(CCC(=O)OC(C)(C)C)CCC(=O)OC(C)(C)C. The fraction of sp³-hybridized carbons (Fsp3) is 0.892. The van der Waals surface area contributed by atoms with E-state index in [0.29, 0.717) is 6.54 Å². The lowest BCUT2D eigenvalue weighted by molar-refractivity contribution is -0.155. The Hall–Kier alpha value is -2.32. The molecule has 0 rings (SSSR count). The van der Waals surface area contributed by atoms with Gasteiger partial charge in [0.15, 0.2) is 0 Å². The average Bonchev–Trinajstić information content (AvgIpc) is 2.89. The van der Waals surface area contributed by atoms with Gasteiger partial charge in [-0.05, 0) is 88.0 Å². The van der Waals surface area contributed by atoms with Crippen LogP contribution in [-0.2, 0) is 28.6 Å². The number of hydrogen-bond donors (Lipinski definition) is 2. The summed E-state index contributed by atoms with van der Waals surface area (Å²) in [6.45, 7) is 18.9. The van der Waals surface area contributed by atoms with Crippen LogP contribution < -0.4 is 10.6 Å². The number of nitrogens with one attached hydrogen (secondary N) is 2. The van der Waals surface area contributed by atoms with Crippen molar-refractivity contribution < 1.29 is 33.4 Å². The number of unbranched alkanes of at least 4 members (excludes halogenated alkanes) is 11. The van der Waals surface area contributed by atoms with Gasteiger partial charge in [0.25, 0.3) is 0 Å². The van der Waals surface area contributed by atoms with Gasteiger partial charge in [-0.1, -0.05) is 77.6 Å². The van der Waals surface area contributed by atoms with Crippen LogP contribution in [0.1, 0.15) is 185 Å². The molecule has 0 spiro atoms. The fourth-order valence-corrected chi connectivity index (χ4v) is 5.22. The predicted molar refractivity (Wildman–Crippen MR) is 186 cm³/mol. The molecule has 0 aromatic carbocycles. The molecule has 270 valence electrons. The first-order valence-corrected chi connectivity index (χ1v) is 18.0. The summed E-state index contributed by atoms with van der Waals surface area (Å²) >= 11 is 0. The average molecular weight is 655 g/mol. The highest BCUT2D eigenvalue weighted by atomic mass is 16.6. The zero-order valence-electron chi connectivity index (χ0n) is 31.3. The van der Waals surface area contributed by atoms with Gasteiger partial charge in [-0.25, -0.2) is 4.79 Å². The third-order valence-electron chi connectivity index (χ3n) is 7.38. The third kappa shape index (κ3) is 26.9. The van der Waals surface area contributed by atoms with Gasteiger partial charge in [-0.3, -0.25) is 14.4 Å². The van der Waals surface area contributed by atoms with E-state index in [4.69, 9.17) is 14.2 Å². The number of hydrogen-bond acceptors (Lipinski definition) is 7. The van der Waals surface area contributed by atoms with Crippen LogP contribution in [0, 0.1) is 0 Å². The molecule has 0 aromatic rings. The molecule has 0 bridgehead atoms. The van der Waals surface area contributed by atoms with Crippen LogP contribution in [0.2, 0.25) is 0 Å². The van der Waals surface area contributed by atoms with E-state index < -0.39 is 40.2 Å². The normalized spacial score (nSPS) is 12.4. The van der Waals surface area contributed by atoms with Crippen LogP contribution in [0.4, 0.5) is 4.79 Å². The highest BCUT2D eigenvalue weighted by Gasteiger charge is 2.35. The van der Waals surface area contributed by atoms with Crippen LogP contribution >= 0.6 is 0 Å². The summed E-state index contributed by atoms with van der Waals surface area (Å²) < 4.78 is 16.6. The van der Waals surface area contributed by atoms with Crippen molar-refractivity contribution in [1.82, 2.24) is 10.6 Å². The molecule has 2 amide bonds. The maximum atomic E-state index is 13.2. The molecular formula is C37H70N2O7. The van der Waals surface area contributed by atoms with Gasteiger partial charge in [-0.15, -0.1) is 0 Å². The zero-order chi connectivity index (χ0) is 35.3. The Morgan fingerprint density at radius 2 is 0.783 bits per heavy atom. The largest absolute Gasteiger partial charge is 0.460 e. The summed E-state index contributed by atoms with van der Waals surface area (Å²) in [5.74, 6) is -1.24. The van der Waals surface area contributed by atoms with Crippen molar-refractivity contribution in [1.29, 1.82) is 0 Å². The minimum Gasteiger partial charge on any atom is -0.460 e. The first-order chi connectivity index (χ1) is 21.3. The van der Waals surface area contributed by atoms with E-state index in [-0.39, 0.29) is 44.6 Å². The standard InChI is InChI=1S/C37H70N2O7/c1-11-12-13-14-15-16-17-18-19-20-21-22-29-38-33(43)39-37(26-23-30(40)44-34(2,3)4,27-24-31(41)45-35(5,6)7)28-25-32(42)46-36(8,9)10/h11-29H2,1-10H3,(H2,38,39,43). The smallest absolute Gasteiger partial charge is 0.315 e. The number of rotatable bonds is 23. The Morgan fingerprint density at radius 1 is 0.478 bits per heavy atom. The summed E-state index contributed by atoms with van der Waals surface area (Å²) in [4.78, 5) is 51.4. The minimum absolute atomic E-state index is 0.0128. The first-order valence-electron chi connectivity index (χ1n) is 18.0. The number of urea groups is 1. The third-order valence-corrected chi connectivity index (χ3v) is 7.38. The molecule has 0 aliphatic carbocycles. The van der Waals surface area contributed by atoms with Crippen LogP contribution in [0.15, 0.2) is 0 Å². The molecule has 0 fully saturated rings. The van der Waals surface area contributed by atoms with Crippen molar-refractivity contribution in [3.8, 4) is 0 Å². The molecule has 0 unspecified atom stereocenters. The molecule has 0 aliphatic heterocycles. The molecule has 46 heavy (non-hydrogen) atoms. The van der Waals surface area contributed by atoms with Gasteiger partial charge in [0.05, 0.1) is 0 Å². The monoisotopic (exact) mass is 655 g/mol. The lowest BCUT2D eigenvalue weighted by Crippen LogP contribution is -2.53. The molecule has 0 saturated heterocycles. The highest BCUT2D eigenvalue weighted by Crippen LogP contribution is 2.28. The van der Waals surface area contributed by atoms with Crippen molar-refractivity contribution >= 4 is 23.9 Å². The highest BCUT2D eigenvalue weighted by molar-refractivity contribution is 5.76. The Morgan fingerprint density at radius 3 is 1.09 bits per heavy atom. The summed E-state index contributed by atoms with van der Waals surface area (Å²) in [6.07, 6.45) is 15.4. The molecular weight excluding hydrogens is 584 g/mol. The first kappa shape index (κ1) is 43.7. The topological polar surface area (TPSA) is 120 Å². The van der Waals surface area contributed by atoms with Gasteiger partial charge in [0, 0.05) is 31.3 Å². The van der Waals surface area contributed by atoms with E-state index in [1.807, 2.05) is 0 Å². The summed E-state index contributed by atoms with van der Waals surface area (Å²) in [5.41, 5.74) is -3.02. The maximum Gasteiger partial charge on any atom is 0.315 e. The molecule has 9 heteroatoms. The van der Waals surface area contributed by atoms with Crippen molar-refractivity contribution in [2.24, 2.45) is 0 Å². The molecule has 2 N–H and O–H groups in total. The molecule has 0 radical (unpaired) electrons. The minimum atomic E-state index is -1.04. The summed E-state index contributed by atoms with van der Waals surface area (Å²) in [6, 6.07) is -0.388. The van der Waals surface area contributed by atoms with Crippen molar-refractivity contribution in [3.05, 3.63) is 0 Å². The number of esters is 3. The Balaban J connectivity index is 5.30. The van der Waals surface area contributed by atoms with E-state index in [1.165, 1.54) is 57.8 Å². The Labute approximate surface area is 281 Å². The number of amides is 2. The summed E-state index contributed by atoms with van der Waals surface area (Å²) in [5, 5.41) is 6.01. The van der Waals surface area contributed by atoms with Gasteiger partial charge in [0.2, 0.25) is 0 Å². The van der Waals surface area contributed by atoms with E-state index in [9.17, 15) is 19.2 Å². The van der Waals surface area contributed by atoms with Gasteiger partial charge >= 0.3 is 23.9 Å². The molecule has 9 nitrogen and oxygen atoms in total.